The molecule has 0 aromatic heterocycles. The normalized spacial score (nSPS) is 20.7. The van der Waals surface area contributed by atoms with Crippen molar-refractivity contribution in [2.24, 2.45) is 0 Å². The van der Waals surface area contributed by atoms with Gasteiger partial charge in [0.15, 0.2) is 0 Å². The Hall–Kier alpha value is -3.50. The van der Waals surface area contributed by atoms with Crippen molar-refractivity contribution < 1.29 is 22.0 Å². The maximum atomic E-state index is 14.6. The van der Waals surface area contributed by atoms with E-state index in [-0.39, 0.29) is 22.8 Å². The summed E-state index contributed by atoms with van der Waals surface area (Å²) in [5, 5.41) is 4.75. The molecule has 1 amide bonds. The Morgan fingerprint density at radius 2 is 1.71 bits per heavy atom. The molecule has 0 bridgehead atoms. The summed E-state index contributed by atoms with van der Waals surface area (Å²) in [6.45, 7) is 6.55. The van der Waals surface area contributed by atoms with Gasteiger partial charge in [0.25, 0.3) is 5.91 Å². The van der Waals surface area contributed by atoms with Crippen LogP contribution >= 0.6 is 0 Å². The van der Waals surface area contributed by atoms with Crippen LogP contribution in [0.25, 0.3) is 11.3 Å². The average molecular weight is 543 g/mol. The molecule has 0 spiro atoms. The quantitative estimate of drug-likeness (QED) is 0.502. The van der Waals surface area contributed by atoms with Crippen LogP contribution < -0.4 is 10.7 Å². The van der Waals surface area contributed by atoms with E-state index >= 15 is 0 Å². The molecule has 202 valence electrons. The molecule has 38 heavy (non-hydrogen) atoms. The molecule has 0 saturated carbocycles. The van der Waals surface area contributed by atoms with Crippen molar-refractivity contribution in [2.45, 2.75) is 51.1 Å². The molecule has 7 nitrogen and oxygen atoms in total. The van der Waals surface area contributed by atoms with Crippen molar-refractivity contribution in [3.8, 4) is 0 Å². The molecular formula is C28H32F2N4O3S. The van der Waals surface area contributed by atoms with Crippen LogP contribution in [-0.4, -0.2) is 42.9 Å². The molecule has 0 saturated heterocycles. The van der Waals surface area contributed by atoms with Gasteiger partial charge in [-0.15, -0.1) is 0 Å². The number of benzene rings is 2. The van der Waals surface area contributed by atoms with Gasteiger partial charge in [-0.2, -0.15) is 4.31 Å². The maximum absolute atomic E-state index is 14.6. The van der Waals surface area contributed by atoms with Crippen molar-refractivity contribution in [3.63, 3.8) is 0 Å². The lowest BCUT2D eigenvalue weighted by molar-refractivity contribution is -0.132. The molecule has 1 atom stereocenters. The van der Waals surface area contributed by atoms with Gasteiger partial charge in [0, 0.05) is 48.6 Å². The van der Waals surface area contributed by atoms with Gasteiger partial charge in [0.05, 0.1) is 4.90 Å². The molecular weight excluding hydrogens is 510 g/mol. The van der Waals surface area contributed by atoms with Crippen LogP contribution in [0, 0.1) is 11.6 Å². The van der Waals surface area contributed by atoms with Crippen molar-refractivity contribution in [1.29, 1.82) is 0 Å². The number of carbonyl (C=O) groups excluding carboxylic acids is 1. The summed E-state index contributed by atoms with van der Waals surface area (Å²) in [7, 11) is -3.63. The predicted octanol–water partition coefficient (Wildman–Crippen LogP) is 4.77. The second kappa shape index (κ2) is 11.5. The number of carbonyl (C=O) groups is 1. The topological polar surface area (TPSA) is 81.8 Å². The fraction of sp³-hybridized carbons (Fsp3) is 0.321. The van der Waals surface area contributed by atoms with Gasteiger partial charge in [0.1, 0.15) is 17.8 Å². The number of hydrogen-bond donors (Lipinski definition) is 2. The third kappa shape index (κ3) is 5.81. The van der Waals surface area contributed by atoms with E-state index < -0.39 is 27.8 Å². The zero-order chi connectivity index (χ0) is 27.4. The minimum absolute atomic E-state index is 0.192. The number of fused-ring (bicyclic) bond motifs is 1. The first-order valence-corrected chi connectivity index (χ1v) is 14.1. The molecule has 1 unspecified atom stereocenters. The molecule has 4 rings (SSSR count). The lowest BCUT2D eigenvalue weighted by Gasteiger charge is -2.38. The molecule has 0 aliphatic carbocycles. The van der Waals surface area contributed by atoms with Crippen LogP contribution in [0.1, 0.15) is 51.2 Å². The molecule has 2 aromatic carbocycles. The van der Waals surface area contributed by atoms with Gasteiger partial charge in [0.2, 0.25) is 10.0 Å². The van der Waals surface area contributed by atoms with Crippen molar-refractivity contribution in [2.75, 3.05) is 13.1 Å². The number of hydrogen-bond acceptors (Lipinski definition) is 5. The number of halogens is 2. The van der Waals surface area contributed by atoms with E-state index in [9.17, 15) is 22.0 Å². The zero-order valence-electron chi connectivity index (χ0n) is 21.7. The fourth-order valence-corrected chi connectivity index (χ4v) is 6.18. The number of allylic oxidation sites excluding steroid dienone is 3. The summed E-state index contributed by atoms with van der Waals surface area (Å²) in [5.41, 5.74) is 5.72. The van der Waals surface area contributed by atoms with E-state index in [0.717, 1.165) is 18.9 Å². The van der Waals surface area contributed by atoms with E-state index in [1.807, 2.05) is 13.8 Å². The molecule has 2 heterocycles. The second-order valence-electron chi connectivity index (χ2n) is 9.34. The summed E-state index contributed by atoms with van der Waals surface area (Å²) in [6.07, 6.45) is 6.00. The summed E-state index contributed by atoms with van der Waals surface area (Å²) < 4.78 is 55.9. The predicted molar refractivity (Wildman–Crippen MR) is 143 cm³/mol. The van der Waals surface area contributed by atoms with Gasteiger partial charge in [-0.1, -0.05) is 32.1 Å². The first-order valence-electron chi connectivity index (χ1n) is 12.7. The average Bonchev–Trinajstić information content (AvgIpc) is 2.87. The molecule has 0 fully saturated rings. The van der Waals surface area contributed by atoms with Crippen LogP contribution in [0.15, 0.2) is 71.3 Å². The van der Waals surface area contributed by atoms with Crippen LogP contribution in [0.2, 0.25) is 0 Å². The highest BCUT2D eigenvalue weighted by Crippen LogP contribution is 2.29. The summed E-state index contributed by atoms with van der Waals surface area (Å²) in [6, 6.07) is 9.86. The number of nitrogens with one attached hydrogen (secondary N) is 2. The van der Waals surface area contributed by atoms with Crippen molar-refractivity contribution in [1.82, 2.24) is 20.1 Å². The molecule has 2 aromatic rings. The lowest BCUT2D eigenvalue weighted by Crippen LogP contribution is -2.57. The Morgan fingerprint density at radius 1 is 1.03 bits per heavy atom. The molecule has 10 heteroatoms. The highest BCUT2D eigenvalue weighted by molar-refractivity contribution is 7.89. The lowest BCUT2D eigenvalue weighted by atomic mass is 9.97. The highest BCUT2D eigenvalue weighted by atomic mass is 32.2. The van der Waals surface area contributed by atoms with Gasteiger partial charge >= 0.3 is 0 Å². The van der Waals surface area contributed by atoms with Crippen molar-refractivity contribution in [3.05, 3.63) is 89.2 Å². The van der Waals surface area contributed by atoms with Gasteiger partial charge in [-0.3, -0.25) is 10.2 Å². The number of rotatable bonds is 8. The molecule has 2 aliphatic heterocycles. The largest absolute Gasteiger partial charge is 0.363 e. The van der Waals surface area contributed by atoms with Crippen LogP contribution in [0.5, 0.6) is 0 Å². The summed E-state index contributed by atoms with van der Waals surface area (Å²) >= 11 is 0. The maximum Gasteiger partial charge on any atom is 0.268 e. The van der Waals surface area contributed by atoms with E-state index in [0.29, 0.717) is 35.6 Å². The number of nitrogens with zero attached hydrogens (tertiary/aromatic N) is 2. The smallest absolute Gasteiger partial charge is 0.268 e. The van der Waals surface area contributed by atoms with Crippen LogP contribution in [0.4, 0.5) is 8.78 Å². The first-order chi connectivity index (χ1) is 18.1. The fourth-order valence-electron chi connectivity index (χ4n) is 4.56. The molecule has 0 radical (unpaired) electrons. The highest BCUT2D eigenvalue weighted by Gasteiger charge is 2.31. The SMILES string of the molecule is CCCN(CCC)S(=O)(=O)c1ccc(C2=CC(=O)N3N/C(C)=C\C=C(\c4ccc(F)cc4F)CC3N2)cc1. The van der Waals surface area contributed by atoms with Gasteiger partial charge in [-0.25, -0.2) is 22.2 Å². The minimum atomic E-state index is -3.63. The zero-order valence-corrected chi connectivity index (χ0v) is 22.5. The molecule has 2 N–H and O–H groups in total. The Kier molecular flexibility index (Phi) is 8.32. The number of hydrazine groups is 1. The third-order valence-corrected chi connectivity index (χ3v) is 8.32. The van der Waals surface area contributed by atoms with Crippen LogP contribution in [-0.2, 0) is 14.8 Å². The van der Waals surface area contributed by atoms with Gasteiger partial charge < -0.3 is 5.32 Å². The van der Waals surface area contributed by atoms with E-state index in [1.54, 1.807) is 43.3 Å². The first kappa shape index (κ1) is 27.5. The summed E-state index contributed by atoms with van der Waals surface area (Å²) in [4.78, 5) is 13.3. The van der Waals surface area contributed by atoms with E-state index in [2.05, 4.69) is 10.7 Å². The summed E-state index contributed by atoms with van der Waals surface area (Å²) in [5.74, 6) is -1.66. The standard InChI is InChI=1S/C28H32F2N4O3S/c1-4-14-33(15-5-2)38(36,37)23-11-8-20(9-12-23)26-18-28(35)34-27(31-26)16-21(7-6-19(3)32-34)24-13-10-22(29)17-25(24)30/h6-13,17-18,27,31-32H,4-5,14-16H2,1-3H3/b19-6-,21-7+. The van der Waals surface area contributed by atoms with Crippen LogP contribution in [0.3, 0.4) is 0 Å². The number of amides is 1. The Balaban J connectivity index is 1.62. The van der Waals surface area contributed by atoms with Crippen molar-refractivity contribution >= 4 is 27.2 Å². The van der Waals surface area contributed by atoms with Gasteiger partial charge in [-0.05, 0) is 61.2 Å². The van der Waals surface area contributed by atoms with E-state index in [1.165, 1.54) is 27.5 Å². The van der Waals surface area contributed by atoms with E-state index in [4.69, 9.17) is 0 Å². The Labute approximate surface area is 222 Å². The minimum Gasteiger partial charge on any atom is -0.363 e. The monoisotopic (exact) mass is 542 g/mol. The second-order valence-corrected chi connectivity index (χ2v) is 11.3. The third-order valence-electron chi connectivity index (χ3n) is 6.41. The Bertz CT molecular complexity index is 1400. The number of sulfonamides is 1. The molecule has 2 aliphatic rings. The Morgan fingerprint density at radius 3 is 2.34 bits per heavy atom.